The highest BCUT2D eigenvalue weighted by Gasteiger charge is 2.40. The zero-order valence-corrected chi connectivity index (χ0v) is 13.8. The SMILES string of the molecule is CC1=CN2NC(C(=O)NCc3ccc(OC(F)(F)F)cc3)CC2C(=O)N1. The van der Waals surface area contributed by atoms with Crippen LogP contribution in [0.3, 0.4) is 0 Å². The third-order valence-electron chi connectivity index (χ3n) is 4.00. The quantitative estimate of drug-likeness (QED) is 0.741. The van der Waals surface area contributed by atoms with Crippen LogP contribution >= 0.6 is 0 Å². The first kappa shape index (κ1) is 18.1. The van der Waals surface area contributed by atoms with Gasteiger partial charge < -0.3 is 20.4 Å². The van der Waals surface area contributed by atoms with Crippen molar-refractivity contribution >= 4 is 11.8 Å². The van der Waals surface area contributed by atoms with Crippen molar-refractivity contribution in [3.05, 3.63) is 41.7 Å². The second-order valence-corrected chi connectivity index (χ2v) is 6.05. The summed E-state index contributed by atoms with van der Waals surface area (Å²) in [6, 6.07) is 4.22. The molecule has 26 heavy (non-hydrogen) atoms. The fourth-order valence-electron chi connectivity index (χ4n) is 2.83. The molecule has 2 amide bonds. The Morgan fingerprint density at radius 3 is 2.69 bits per heavy atom. The monoisotopic (exact) mass is 370 g/mol. The summed E-state index contributed by atoms with van der Waals surface area (Å²) in [6.07, 6.45) is -2.70. The predicted molar refractivity (Wildman–Crippen MR) is 84.0 cm³/mol. The van der Waals surface area contributed by atoms with Gasteiger partial charge in [-0.1, -0.05) is 12.1 Å². The van der Waals surface area contributed by atoms with Gasteiger partial charge in [-0.05, 0) is 24.6 Å². The third kappa shape index (κ3) is 4.26. The van der Waals surface area contributed by atoms with Gasteiger partial charge in [0, 0.05) is 24.9 Å². The van der Waals surface area contributed by atoms with Crippen molar-refractivity contribution in [1.82, 2.24) is 21.1 Å². The number of nitrogens with one attached hydrogen (secondary N) is 3. The summed E-state index contributed by atoms with van der Waals surface area (Å²) in [6.45, 7) is 1.89. The molecule has 0 spiro atoms. The predicted octanol–water partition coefficient (Wildman–Crippen LogP) is 1.14. The van der Waals surface area contributed by atoms with Gasteiger partial charge in [-0.3, -0.25) is 9.59 Å². The van der Waals surface area contributed by atoms with Gasteiger partial charge in [0.1, 0.15) is 17.8 Å². The van der Waals surface area contributed by atoms with E-state index in [2.05, 4.69) is 20.8 Å². The smallest absolute Gasteiger partial charge is 0.406 e. The first-order chi connectivity index (χ1) is 12.2. The molecule has 0 radical (unpaired) electrons. The van der Waals surface area contributed by atoms with Gasteiger partial charge in [-0.2, -0.15) is 0 Å². The number of hydrogen-bond acceptors (Lipinski definition) is 5. The Hall–Kier alpha value is -2.75. The molecule has 2 aliphatic rings. The summed E-state index contributed by atoms with van der Waals surface area (Å²) in [4.78, 5) is 24.2. The number of nitrogens with zero attached hydrogens (tertiary/aromatic N) is 1. The van der Waals surface area contributed by atoms with Crippen LogP contribution in [0.15, 0.2) is 36.2 Å². The Morgan fingerprint density at radius 1 is 1.35 bits per heavy atom. The third-order valence-corrected chi connectivity index (χ3v) is 4.00. The van der Waals surface area contributed by atoms with Gasteiger partial charge in [0.15, 0.2) is 0 Å². The van der Waals surface area contributed by atoms with Crippen LogP contribution in [0.5, 0.6) is 5.75 Å². The van der Waals surface area contributed by atoms with E-state index in [1.54, 1.807) is 18.1 Å². The van der Waals surface area contributed by atoms with Crippen LogP contribution in [-0.4, -0.2) is 35.3 Å². The van der Waals surface area contributed by atoms with Gasteiger partial charge in [-0.25, -0.2) is 5.43 Å². The maximum Gasteiger partial charge on any atom is 0.573 e. The average Bonchev–Trinajstić information content (AvgIpc) is 2.97. The molecule has 1 fully saturated rings. The molecule has 3 N–H and O–H groups in total. The lowest BCUT2D eigenvalue weighted by Gasteiger charge is -2.27. The van der Waals surface area contributed by atoms with Gasteiger partial charge in [-0.15, -0.1) is 13.2 Å². The van der Waals surface area contributed by atoms with Crippen LogP contribution in [0.2, 0.25) is 0 Å². The highest BCUT2D eigenvalue weighted by molar-refractivity contribution is 5.88. The molecule has 2 atom stereocenters. The molecule has 10 heteroatoms. The number of alkyl halides is 3. The number of rotatable bonds is 4. The fourth-order valence-corrected chi connectivity index (χ4v) is 2.83. The van der Waals surface area contributed by atoms with Gasteiger partial charge in [0.2, 0.25) is 11.8 Å². The number of allylic oxidation sites excluding steroid dienone is 1. The van der Waals surface area contributed by atoms with Crippen LogP contribution in [0.1, 0.15) is 18.9 Å². The number of carbonyl (C=O) groups excluding carboxylic acids is 2. The highest BCUT2D eigenvalue weighted by Crippen LogP contribution is 2.23. The van der Waals surface area contributed by atoms with Crippen molar-refractivity contribution in [3.8, 4) is 5.75 Å². The fraction of sp³-hybridized carbons (Fsp3) is 0.375. The van der Waals surface area contributed by atoms with Gasteiger partial charge in [0.05, 0.1) is 0 Å². The molecule has 1 aromatic carbocycles. The molecule has 0 aromatic heterocycles. The first-order valence-electron chi connectivity index (χ1n) is 7.87. The van der Waals surface area contributed by atoms with Crippen LogP contribution in [-0.2, 0) is 16.1 Å². The molecule has 3 rings (SSSR count). The minimum Gasteiger partial charge on any atom is -0.406 e. The molecule has 1 saturated heterocycles. The topological polar surface area (TPSA) is 82.7 Å². The maximum atomic E-state index is 12.3. The Morgan fingerprint density at radius 2 is 2.04 bits per heavy atom. The Balaban J connectivity index is 1.53. The summed E-state index contributed by atoms with van der Waals surface area (Å²) >= 11 is 0. The number of benzene rings is 1. The van der Waals surface area contributed by atoms with E-state index < -0.39 is 18.4 Å². The minimum atomic E-state index is -4.74. The van der Waals surface area contributed by atoms with Crippen molar-refractivity contribution in [1.29, 1.82) is 0 Å². The van der Waals surface area contributed by atoms with E-state index in [0.717, 1.165) is 0 Å². The highest BCUT2D eigenvalue weighted by atomic mass is 19.4. The number of hydrogen-bond donors (Lipinski definition) is 3. The summed E-state index contributed by atoms with van der Waals surface area (Å²) in [7, 11) is 0. The summed E-state index contributed by atoms with van der Waals surface area (Å²) in [5.41, 5.74) is 4.27. The molecule has 1 aromatic rings. The second-order valence-electron chi connectivity index (χ2n) is 6.05. The largest absolute Gasteiger partial charge is 0.573 e. The number of ether oxygens (including phenoxy) is 1. The molecule has 7 nitrogen and oxygen atoms in total. The molecule has 0 saturated carbocycles. The molecule has 0 bridgehead atoms. The van der Waals surface area contributed by atoms with E-state index in [1.807, 2.05) is 0 Å². The second kappa shape index (κ2) is 6.87. The molecular formula is C16H17F3N4O3. The van der Waals surface area contributed by atoms with Crippen LogP contribution in [0.4, 0.5) is 13.2 Å². The zero-order valence-electron chi connectivity index (χ0n) is 13.8. The number of halogens is 3. The Kier molecular flexibility index (Phi) is 4.77. The average molecular weight is 370 g/mol. The maximum absolute atomic E-state index is 12.3. The van der Waals surface area contributed by atoms with Crippen LogP contribution in [0.25, 0.3) is 0 Å². The number of fused-ring (bicyclic) bond motifs is 1. The molecule has 2 heterocycles. The molecule has 2 aliphatic heterocycles. The first-order valence-corrected chi connectivity index (χ1v) is 7.87. The van der Waals surface area contributed by atoms with Crippen molar-refractivity contribution in [2.45, 2.75) is 38.3 Å². The van der Waals surface area contributed by atoms with E-state index in [0.29, 0.717) is 17.7 Å². The lowest BCUT2D eigenvalue weighted by molar-refractivity contribution is -0.274. The number of carbonyl (C=O) groups is 2. The van der Waals surface area contributed by atoms with E-state index in [-0.39, 0.29) is 24.1 Å². The Bertz CT molecular complexity index is 733. The van der Waals surface area contributed by atoms with Crippen molar-refractivity contribution in [2.24, 2.45) is 0 Å². The molecule has 140 valence electrons. The van der Waals surface area contributed by atoms with Crippen LogP contribution < -0.4 is 20.8 Å². The van der Waals surface area contributed by atoms with E-state index in [4.69, 9.17) is 0 Å². The van der Waals surface area contributed by atoms with Gasteiger partial charge >= 0.3 is 6.36 Å². The molecule has 0 aliphatic carbocycles. The van der Waals surface area contributed by atoms with Crippen LogP contribution in [0, 0.1) is 0 Å². The summed E-state index contributed by atoms with van der Waals surface area (Å²) in [5, 5.41) is 7.02. The van der Waals surface area contributed by atoms with E-state index in [9.17, 15) is 22.8 Å². The number of amides is 2. The van der Waals surface area contributed by atoms with E-state index >= 15 is 0 Å². The Labute approximate surface area is 147 Å². The molecular weight excluding hydrogens is 353 g/mol. The van der Waals surface area contributed by atoms with Crippen molar-refractivity contribution in [3.63, 3.8) is 0 Å². The standard InChI is InChI=1S/C16H17F3N4O3/c1-9-8-23-13(15(25)21-9)6-12(22-23)14(24)20-7-10-2-4-11(5-3-10)26-16(17,18)19/h2-5,8,12-13,22H,6-7H2,1H3,(H,20,24)(H,21,25). The lowest BCUT2D eigenvalue weighted by Crippen LogP contribution is -2.49. The minimum absolute atomic E-state index is 0.148. The number of hydrazine groups is 1. The van der Waals surface area contributed by atoms with Gasteiger partial charge in [0.25, 0.3) is 0 Å². The molecule has 2 unspecified atom stereocenters. The van der Waals surface area contributed by atoms with Crippen molar-refractivity contribution < 1.29 is 27.5 Å². The summed E-state index contributed by atoms with van der Waals surface area (Å²) in [5.74, 6) is -0.794. The normalized spacial score (nSPS) is 22.4. The van der Waals surface area contributed by atoms with Crippen molar-refractivity contribution in [2.75, 3.05) is 0 Å². The zero-order chi connectivity index (χ0) is 18.9. The lowest BCUT2D eigenvalue weighted by atomic mass is 10.1. The van der Waals surface area contributed by atoms with E-state index in [1.165, 1.54) is 24.3 Å². The summed E-state index contributed by atoms with van der Waals surface area (Å²) < 4.78 is 40.2.